The molecular formula is C25H23BrClNO3. The van der Waals surface area contributed by atoms with Gasteiger partial charge in [-0.05, 0) is 71.2 Å². The van der Waals surface area contributed by atoms with E-state index in [0.29, 0.717) is 29.7 Å². The number of benzene rings is 3. The number of halogens is 2. The van der Waals surface area contributed by atoms with E-state index in [0.717, 1.165) is 26.9 Å². The molecule has 0 unspecified atom stereocenters. The van der Waals surface area contributed by atoms with Gasteiger partial charge in [0.25, 0.3) is 0 Å². The summed E-state index contributed by atoms with van der Waals surface area (Å²) in [6, 6.07) is 18.9. The maximum atomic E-state index is 12.3. The average molecular weight is 501 g/mol. The molecule has 0 saturated heterocycles. The maximum absolute atomic E-state index is 12.3. The van der Waals surface area contributed by atoms with Crippen LogP contribution in [0.2, 0.25) is 5.02 Å². The minimum absolute atomic E-state index is 0.206. The fraction of sp³-hybridized carbons (Fsp3) is 0.160. The van der Waals surface area contributed by atoms with Gasteiger partial charge in [0.1, 0.15) is 6.61 Å². The molecule has 0 aliphatic heterocycles. The van der Waals surface area contributed by atoms with Crippen LogP contribution in [-0.4, -0.2) is 12.5 Å². The maximum Gasteiger partial charge on any atom is 0.248 e. The molecule has 4 nitrogen and oxygen atoms in total. The Morgan fingerprint density at radius 2 is 1.84 bits per heavy atom. The van der Waals surface area contributed by atoms with E-state index < -0.39 is 0 Å². The molecule has 0 atom stereocenters. The van der Waals surface area contributed by atoms with Gasteiger partial charge in [0, 0.05) is 22.3 Å². The van der Waals surface area contributed by atoms with Crippen LogP contribution in [0, 0.1) is 6.92 Å². The van der Waals surface area contributed by atoms with E-state index >= 15 is 0 Å². The fourth-order valence-electron chi connectivity index (χ4n) is 2.91. The van der Waals surface area contributed by atoms with E-state index in [9.17, 15) is 4.79 Å². The summed E-state index contributed by atoms with van der Waals surface area (Å²) in [5.74, 6) is 0.966. The third-order valence-corrected chi connectivity index (χ3v) is 5.45. The van der Waals surface area contributed by atoms with Crippen LogP contribution in [0.15, 0.2) is 71.2 Å². The van der Waals surface area contributed by atoms with Crippen LogP contribution in [0.5, 0.6) is 11.5 Å². The van der Waals surface area contributed by atoms with E-state index in [4.69, 9.17) is 21.1 Å². The van der Waals surface area contributed by atoms with Gasteiger partial charge >= 0.3 is 0 Å². The second-order valence-corrected chi connectivity index (χ2v) is 8.04. The van der Waals surface area contributed by atoms with Crippen molar-refractivity contribution < 1.29 is 14.3 Å². The Morgan fingerprint density at radius 1 is 1.10 bits per heavy atom. The first-order valence-corrected chi connectivity index (χ1v) is 11.0. The highest BCUT2D eigenvalue weighted by Gasteiger charge is 2.13. The molecule has 1 amide bonds. The van der Waals surface area contributed by atoms with Gasteiger partial charge in [-0.1, -0.05) is 48.0 Å². The Kier molecular flexibility index (Phi) is 8.15. The molecule has 6 heteroatoms. The molecule has 0 radical (unpaired) electrons. The minimum atomic E-state index is -0.206. The summed E-state index contributed by atoms with van der Waals surface area (Å²) in [4.78, 5) is 12.3. The first-order chi connectivity index (χ1) is 15.0. The number of aryl methyl sites for hydroxylation is 1. The lowest BCUT2D eigenvalue weighted by Gasteiger charge is -2.15. The van der Waals surface area contributed by atoms with Crippen LogP contribution in [0.3, 0.4) is 0 Å². The van der Waals surface area contributed by atoms with Gasteiger partial charge in [0.15, 0.2) is 11.5 Å². The quantitative estimate of drug-likeness (QED) is 0.337. The summed E-state index contributed by atoms with van der Waals surface area (Å²) in [6.45, 7) is 4.65. The number of hydrogen-bond acceptors (Lipinski definition) is 3. The Morgan fingerprint density at radius 3 is 2.58 bits per heavy atom. The molecule has 0 aliphatic rings. The zero-order valence-electron chi connectivity index (χ0n) is 17.3. The Balaban J connectivity index is 1.76. The second-order valence-electron chi connectivity index (χ2n) is 6.78. The second kappa shape index (κ2) is 11.0. The molecule has 0 heterocycles. The topological polar surface area (TPSA) is 47.6 Å². The third kappa shape index (κ3) is 6.36. The normalized spacial score (nSPS) is 10.8. The molecule has 3 aromatic carbocycles. The summed E-state index contributed by atoms with van der Waals surface area (Å²) in [6.07, 6.45) is 3.23. The molecule has 1 N–H and O–H groups in total. The SMILES string of the molecule is CCOc1cc(/C=C/C(=O)Nc2ccccc2C)cc(Br)c1OCc1ccccc1Cl. The molecule has 31 heavy (non-hydrogen) atoms. The number of ether oxygens (including phenoxy) is 2. The standard InChI is InChI=1S/C25H23BrClNO3/c1-3-30-23-15-18(12-13-24(29)28-22-11-7-4-8-17(22)2)14-20(26)25(23)31-16-19-9-5-6-10-21(19)27/h4-15H,3,16H2,1-2H3,(H,28,29)/b13-12+. The molecule has 0 spiro atoms. The highest BCUT2D eigenvalue weighted by molar-refractivity contribution is 9.10. The van der Waals surface area contributed by atoms with Crippen molar-refractivity contribution >= 4 is 45.2 Å². The first kappa shape index (κ1) is 22.9. The average Bonchev–Trinajstić information content (AvgIpc) is 2.75. The summed E-state index contributed by atoms with van der Waals surface area (Å²) in [7, 11) is 0. The highest BCUT2D eigenvalue weighted by atomic mass is 79.9. The van der Waals surface area contributed by atoms with E-state index in [-0.39, 0.29) is 5.91 Å². The van der Waals surface area contributed by atoms with Crippen LogP contribution < -0.4 is 14.8 Å². The van der Waals surface area contributed by atoms with Crippen LogP contribution in [0.25, 0.3) is 6.08 Å². The van der Waals surface area contributed by atoms with Gasteiger partial charge in [0.05, 0.1) is 11.1 Å². The zero-order valence-corrected chi connectivity index (χ0v) is 19.7. The summed E-state index contributed by atoms with van der Waals surface area (Å²) >= 11 is 9.78. The molecule has 0 bridgehead atoms. The Bertz CT molecular complexity index is 1100. The summed E-state index contributed by atoms with van der Waals surface area (Å²) in [5.41, 5.74) is 3.48. The lowest BCUT2D eigenvalue weighted by Crippen LogP contribution is -2.08. The van der Waals surface area contributed by atoms with Crippen molar-refractivity contribution in [2.45, 2.75) is 20.5 Å². The monoisotopic (exact) mass is 499 g/mol. The van der Waals surface area contributed by atoms with Crippen molar-refractivity contribution in [3.05, 3.63) is 92.9 Å². The lowest BCUT2D eigenvalue weighted by molar-refractivity contribution is -0.111. The van der Waals surface area contributed by atoms with Crippen molar-refractivity contribution in [2.75, 3.05) is 11.9 Å². The Labute approximate surface area is 196 Å². The minimum Gasteiger partial charge on any atom is -0.490 e. The van der Waals surface area contributed by atoms with E-state index in [1.165, 1.54) is 6.08 Å². The predicted octanol–water partition coefficient (Wildman–Crippen LogP) is 7.04. The molecule has 0 saturated carbocycles. The molecular weight excluding hydrogens is 478 g/mol. The van der Waals surface area contributed by atoms with E-state index in [1.807, 2.05) is 74.5 Å². The molecule has 160 valence electrons. The molecule has 0 aromatic heterocycles. The van der Waals surface area contributed by atoms with Crippen molar-refractivity contribution in [3.8, 4) is 11.5 Å². The number of para-hydroxylation sites is 1. The van der Waals surface area contributed by atoms with E-state index in [2.05, 4.69) is 21.2 Å². The number of carbonyl (C=O) groups excluding carboxylic acids is 1. The fourth-order valence-corrected chi connectivity index (χ4v) is 3.68. The van der Waals surface area contributed by atoms with Gasteiger partial charge in [-0.25, -0.2) is 0 Å². The van der Waals surface area contributed by atoms with Crippen molar-refractivity contribution in [2.24, 2.45) is 0 Å². The van der Waals surface area contributed by atoms with Crippen molar-refractivity contribution in [3.63, 3.8) is 0 Å². The van der Waals surface area contributed by atoms with Gasteiger partial charge in [-0.2, -0.15) is 0 Å². The lowest BCUT2D eigenvalue weighted by atomic mass is 10.1. The van der Waals surface area contributed by atoms with Crippen LogP contribution in [-0.2, 0) is 11.4 Å². The third-order valence-electron chi connectivity index (χ3n) is 4.49. The molecule has 0 aliphatic carbocycles. The first-order valence-electron chi connectivity index (χ1n) is 9.85. The number of hydrogen-bond donors (Lipinski definition) is 1. The summed E-state index contributed by atoms with van der Waals surface area (Å²) < 4.78 is 12.5. The van der Waals surface area contributed by atoms with Gasteiger partial charge < -0.3 is 14.8 Å². The smallest absolute Gasteiger partial charge is 0.248 e. The number of rotatable bonds is 8. The van der Waals surface area contributed by atoms with Gasteiger partial charge in [0.2, 0.25) is 5.91 Å². The van der Waals surface area contributed by atoms with Crippen molar-refractivity contribution in [1.29, 1.82) is 0 Å². The number of nitrogens with one attached hydrogen (secondary N) is 1. The molecule has 0 fully saturated rings. The number of amides is 1. The van der Waals surface area contributed by atoms with E-state index in [1.54, 1.807) is 6.08 Å². The number of carbonyl (C=O) groups is 1. The molecule has 3 rings (SSSR count). The predicted molar refractivity (Wildman–Crippen MR) is 130 cm³/mol. The van der Waals surface area contributed by atoms with Crippen LogP contribution in [0.1, 0.15) is 23.6 Å². The number of anilines is 1. The highest BCUT2D eigenvalue weighted by Crippen LogP contribution is 2.38. The van der Waals surface area contributed by atoms with Gasteiger partial charge in [-0.3, -0.25) is 4.79 Å². The van der Waals surface area contributed by atoms with Crippen LogP contribution >= 0.6 is 27.5 Å². The Hall–Kier alpha value is -2.76. The summed E-state index contributed by atoms with van der Waals surface area (Å²) in [5, 5.41) is 3.53. The largest absolute Gasteiger partial charge is 0.490 e. The van der Waals surface area contributed by atoms with Crippen molar-refractivity contribution in [1.82, 2.24) is 0 Å². The van der Waals surface area contributed by atoms with Gasteiger partial charge in [-0.15, -0.1) is 0 Å². The van der Waals surface area contributed by atoms with Crippen LogP contribution in [0.4, 0.5) is 5.69 Å². The molecule has 3 aromatic rings. The zero-order chi connectivity index (χ0) is 22.2.